The lowest BCUT2D eigenvalue weighted by atomic mass is 10.2. The standard InChI is InChI=1S/C16H26N2O2/c1-3-4-9-17-11-14-8-7-13(2)18(16(14)19)12-15-6-5-10-20-15/h7-8,15,17H,3-6,9-12H2,1-2H3. The highest BCUT2D eigenvalue weighted by atomic mass is 16.5. The molecule has 0 spiro atoms. The molecule has 1 aliphatic rings. The second-order valence-corrected chi connectivity index (χ2v) is 5.58. The zero-order valence-electron chi connectivity index (χ0n) is 12.7. The van der Waals surface area contributed by atoms with Crippen LogP contribution >= 0.6 is 0 Å². The maximum Gasteiger partial charge on any atom is 0.255 e. The summed E-state index contributed by atoms with van der Waals surface area (Å²) in [6, 6.07) is 3.98. The molecule has 1 aromatic heterocycles. The summed E-state index contributed by atoms with van der Waals surface area (Å²) < 4.78 is 7.51. The molecule has 4 heteroatoms. The van der Waals surface area contributed by atoms with Crippen molar-refractivity contribution >= 4 is 0 Å². The lowest BCUT2D eigenvalue weighted by molar-refractivity contribution is 0.0956. The van der Waals surface area contributed by atoms with Crippen LogP contribution in [0.15, 0.2) is 16.9 Å². The van der Waals surface area contributed by atoms with Crippen LogP contribution in [-0.4, -0.2) is 23.8 Å². The molecule has 1 atom stereocenters. The van der Waals surface area contributed by atoms with Gasteiger partial charge < -0.3 is 14.6 Å². The van der Waals surface area contributed by atoms with Crippen molar-refractivity contribution in [2.75, 3.05) is 13.2 Å². The molecule has 0 amide bonds. The van der Waals surface area contributed by atoms with Gasteiger partial charge in [-0.25, -0.2) is 0 Å². The Bertz CT molecular complexity index is 476. The number of nitrogens with one attached hydrogen (secondary N) is 1. The summed E-state index contributed by atoms with van der Waals surface area (Å²) >= 11 is 0. The first-order chi connectivity index (χ1) is 9.72. The first-order valence-corrected chi connectivity index (χ1v) is 7.74. The van der Waals surface area contributed by atoms with Crippen molar-refractivity contribution < 1.29 is 4.74 Å². The molecule has 1 fully saturated rings. The highest BCUT2D eigenvalue weighted by Gasteiger charge is 2.18. The van der Waals surface area contributed by atoms with E-state index in [1.54, 1.807) is 0 Å². The van der Waals surface area contributed by atoms with E-state index in [1.165, 1.54) is 6.42 Å². The zero-order chi connectivity index (χ0) is 14.4. The predicted octanol–water partition coefficient (Wildman–Crippen LogP) is 2.23. The molecule has 0 aliphatic carbocycles. The van der Waals surface area contributed by atoms with Crippen molar-refractivity contribution in [1.82, 2.24) is 9.88 Å². The van der Waals surface area contributed by atoms with Gasteiger partial charge in [0.2, 0.25) is 0 Å². The van der Waals surface area contributed by atoms with Crippen molar-refractivity contribution in [3.63, 3.8) is 0 Å². The third kappa shape index (κ3) is 3.93. The lowest BCUT2D eigenvalue weighted by Gasteiger charge is -2.16. The number of pyridine rings is 1. The second kappa shape index (κ2) is 7.60. The summed E-state index contributed by atoms with van der Waals surface area (Å²) in [5.74, 6) is 0. The van der Waals surface area contributed by atoms with Crippen molar-refractivity contribution in [1.29, 1.82) is 0 Å². The molecule has 2 rings (SSSR count). The number of rotatable bonds is 7. The van der Waals surface area contributed by atoms with E-state index >= 15 is 0 Å². The molecule has 4 nitrogen and oxygen atoms in total. The quantitative estimate of drug-likeness (QED) is 0.778. The van der Waals surface area contributed by atoms with Crippen LogP contribution in [0.3, 0.4) is 0 Å². The van der Waals surface area contributed by atoms with E-state index in [9.17, 15) is 4.79 Å². The molecule has 1 saturated heterocycles. The van der Waals surface area contributed by atoms with Crippen LogP contribution in [0.4, 0.5) is 0 Å². The minimum Gasteiger partial charge on any atom is -0.376 e. The van der Waals surface area contributed by atoms with Gasteiger partial charge in [0.05, 0.1) is 12.6 Å². The van der Waals surface area contributed by atoms with Crippen LogP contribution < -0.4 is 10.9 Å². The number of ether oxygens (including phenoxy) is 1. The predicted molar refractivity (Wildman–Crippen MR) is 81.0 cm³/mol. The Balaban J connectivity index is 2.04. The number of hydrogen-bond acceptors (Lipinski definition) is 3. The smallest absolute Gasteiger partial charge is 0.255 e. The summed E-state index contributed by atoms with van der Waals surface area (Å²) in [5, 5.41) is 3.34. The molecule has 0 radical (unpaired) electrons. The minimum atomic E-state index is 0.129. The second-order valence-electron chi connectivity index (χ2n) is 5.58. The number of aryl methyl sites for hydroxylation is 1. The minimum absolute atomic E-state index is 0.129. The maximum absolute atomic E-state index is 12.5. The normalized spacial score (nSPS) is 18.6. The van der Waals surface area contributed by atoms with Crippen LogP contribution in [0.1, 0.15) is 43.9 Å². The van der Waals surface area contributed by atoms with Crippen LogP contribution in [0.25, 0.3) is 0 Å². The zero-order valence-corrected chi connectivity index (χ0v) is 12.7. The molecule has 112 valence electrons. The number of aromatic nitrogens is 1. The van der Waals surface area contributed by atoms with Gasteiger partial charge in [-0.05, 0) is 38.8 Å². The summed E-state index contributed by atoms with van der Waals surface area (Å²) in [5.41, 5.74) is 2.00. The summed E-state index contributed by atoms with van der Waals surface area (Å²) in [6.07, 6.45) is 4.69. The number of unbranched alkanes of at least 4 members (excludes halogenated alkanes) is 1. The highest BCUT2D eigenvalue weighted by molar-refractivity contribution is 5.15. The van der Waals surface area contributed by atoms with E-state index in [0.717, 1.165) is 43.7 Å². The van der Waals surface area contributed by atoms with Gasteiger partial charge in [0.15, 0.2) is 0 Å². The van der Waals surface area contributed by atoms with E-state index in [4.69, 9.17) is 4.74 Å². The Hall–Kier alpha value is -1.13. The first-order valence-electron chi connectivity index (χ1n) is 7.74. The Morgan fingerprint density at radius 1 is 1.45 bits per heavy atom. The van der Waals surface area contributed by atoms with E-state index in [0.29, 0.717) is 13.1 Å². The number of nitrogens with zero attached hydrogens (tertiary/aromatic N) is 1. The summed E-state index contributed by atoms with van der Waals surface area (Å²) in [6.45, 7) is 7.30. The molecule has 20 heavy (non-hydrogen) atoms. The van der Waals surface area contributed by atoms with Gasteiger partial charge in [0.1, 0.15) is 0 Å². The fraction of sp³-hybridized carbons (Fsp3) is 0.688. The van der Waals surface area contributed by atoms with Crippen molar-refractivity contribution in [3.8, 4) is 0 Å². The monoisotopic (exact) mass is 278 g/mol. The maximum atomic E-state index is 12.5. The van der Waals surface area contributed by atoms with Crippen molar-refractivity contribution in [2.24, 2.45) is 0 Å². The SMILES string of the molecule is CCCCNCc1ccc(C)n(CC2CCCO2)c1=O. The summed E-state index contributed by atoms with van der Waals surface area (Å²) in [4.78, 5) is 12.5. The van der Waals surface area contributed by atoms with Crippen LogP contribution in [0.5, 0.6) is 0 Å². The Morgan fingerprint density at radius 3 is 3.00 bits per heavy atom. The largest absolute Gasteiger partial charge is 0.376 e. The molecular formula is C16H26N2O2. The third-order valence-corrected chi connectivity index (χ3v) is 3.90. The van der Waals surface area contributed by atoms with Gasteiger partial charge in [-0.15, -0.1) is 0 Å². The van der Waals surface area contributed by atoms with E-state index in [2.05, 4.69) is 12.2 Å². The number of hydrogen-bond donors (Lipinski definition) is 1. The topological polar surface area (TPSA) is 43.3 Å². The Kier molecular flexibility index (Phi) is 5.80. The van der Waals surface area contributed by atoms with Gasteiger partial charge in [0, 0.05) is 24.4 Å². The Morgan fingerprint density at radius 2 is 2.30 bits per heavy atom. The lowest BCUT2D eigenvalue weighted by Crippen LogP contribution is -2.32. The highest BCUT2D eigenvalue weighted by Crippen LogP contribution is 2.14. The van der Waals surface area contributed by atoms with E-state index < -0.39 is 0 Å². The van der Waals surface area contributed by atoms with Gasteiger partial charge >= 0.3 is 0 Å². The molecule has 0 saturated carbocycles. The van der Waals surface area contributed by atoms with Crippen LogP contribution in [-0.2, 0) is 17.8 Å². The van der Waals surface area contributed by atoms with Crippen LogP contribution in [0, 0.1) is 6.92 Å². The van der Waals surface area contributed by atoms with Crippen LogP contribution in [0.2, 0.25) is 0 Å². The fourth-order valence-corrected chi connectivity index (χ4v) is 2.59. The average molecular weight is 278 g/mol. The molecule has 1 aliphatic heterocycles. The average Bonchev–Trinajstić information content (AvgIpc) is 2.95. The molecular weight excluding hydrogens is 252 g/mol. The molecule has 1 unspecified atom stereocenters. The summed E-state index contributed by atoms with van der Waals surface area (Å²) in [7, 11) is 0. The van der Waals surface area contributed by atoms with E-state index in [1.807, 2.05) is 23.6 Å². The molecule has 2 heterocycles. The Labute approximate surface area is 121 Å². The molecule has 0 bridgehead atoms. The van der Waals surface area contributed by atoms with Crippen molar-refractivity contribution in [2.45, 2.75) is 58.7 Å². The fourth-order valence-electron chi connectivity index (χ4n) is 2.59. The van der Waals surface area contributed by atoms with Gasteiger partial charge in [-0.1, -0.05) is 19.4 Å². The van der Waals surface area contributed by atoms with Gasteiger partial charge in [-0.2, -0.15) is 0 Å². The molecule has 1 N–H and O–H groups in total. The molecule has 1 aromatic rings. The third-order valence-electron chi connectivity index (χ3n) is 3.90. The van der Waals surface area contributed by atoms with Gasteiger partial charge in [-0.3, -0.25) is 4.79 Å². The molecule has 0 aromatic carbocycles. The van der Waals surface area contributed by atoms with E-state index in [-0.39, 0.29) is 11.7 Å². The first kappa shape index (κ1) is 15.3. The van der Waals surface area contributed by atoms with Gasteiger partial charge in [0.25, 0.3) is 5.56 Å². The van der Waals surface area contributed by atoms with Crippen molar-refractivity contribution in [3.05, 3.63) is 33.7 Å².